The van der Waals surface area contributed by atoms with Crippen molar-refractivity contribution in [1.82, 2.24) is 15.5 Å². The maximum atomic E-state index is 12.7. The molecule has 154 valence electrons. The topological polar surface area (TPSA) is 56.7 Å². The fourth-order valence-corrected chi connectivity index (χ4v) is 4.65. The third-order valence-electron chi connectivity index (χ3n) is 6.36. The van der Waals surface area contributed by atoms with E-state index in [0.717, 1.165) is 44.7 Å². The second kappa shape index (κ2) is 9.94. The Morgan fingerprint density at radius 3 is 2.54 bits per heavy atom. The molecular formula is C22H33IN4O. The molecule has 3 aliphatic rings. The van der Waals surface area contributed by atoms with Gasteiger partial charge in [-0.25, -0.2) is 0 Å². The van der Waals surface area contributed by atoms with Gasteiger partial charge in [0.2, 0.25) is 5.91 Å². The Hall–Kier alpha value is -1.31. The number of amides is 1. The molecule has 0 bridgehead atoms. The van der Waals surface area contributed by atoms with E-state index in [1.54, 1.807) is 0 Å². The van der Waals surface area contributed by atoms with Crippen LogP contribution in [0.4, 0.5) is 0 Å². The first-order valence-corrected chi connectivity index (χ1v) is 10.6. The lowest BCUT2D eigenvalue weighted by Gasteiger charge is -2.26. The van der Waals surface area contributed by atoms with Crippen molar-refractivity contribution in [2.75, 3.05) is 20.1 Å². The van der Waals surface area contributed by atoms with Gasteiger partial charge < -0.3 is 15.5 Å². The molecule has 3 fully saturated rings. The van der Waals surface area contributed by atoms with Crippen LogP contribution < -0.4 is 10.6 Å². The molecule has 1 aromatic carbocycles. The summed E-state index contributed by atoms with van der Waals surface area (Å²) in [5.41, 5.74) is 1.40. The van der Waals surface area contributed by atoms with Crippen LogP contribution in [0.2, 0.25) is 0 Å². The van der Waals surface area contributed by atoms with E-state index in [9.17, 15) is 4.79 Å². The summed E-state index contributed by atoms with van der Waals surface area (Å²) in [5, 5.41) is 7.10. The van der Waals surface area contributed by atoms with Crippen molar-refractivity contribution in [1.29, 1.82) is 0 Å². The molecule has 3 atom stereocenters. The smallest absolute Gasteiger partial charge is 0.225 e. The van der Waals surface area contributed by atoms with Crippen LogP contribution >= 0.6 is 24.0 Å². The molecule has 5 nitrogen and oxygen atoms in total. The minimum absolute atomic E-state index is 0. The van der Waals surface area contributed by atoms with E-state index in [0.29, 0.717) is 23.9 Å². The van der Waals surface area contributed by atoms with E-state index < -0.39 is 0 Å². The quantitative estimate of drug-likeness (QED) is 0.381. The molecule has 1 aliphatic heterocycles. The van der Waals surface area contributed by atoms with Gasteiger partial charge in [-0.2, -0.15) is 0 Å². The SMILES string of the molecule is CN=C(NC1CCN(C(=O)C2CCCCC2)C1)NC1CC1c1ccccc1.I. The highest BCUT2D eigenvalue weighted by Crippen LogP contribution is 2.40. The predicted octanol–water partition coefficient (Wildman–Crippen LogP) is 3.51. The molecule has 2 aliphatic carbocycles. The van der Waals surface area contributed by atoms with E-state index in [4.69, 9.17) is 0 Å². The van der Waals surface area contributed by atoms with E-state index in [1.807, 2.05) is 7.05 Å². The maximum Gasteiger partial charge on any atom is 0.225 e. The first-order chi connectivity index (χ1) is 13.2. The number of hydrogen-bond acceptors (Lipinski definition) is 2. The normalized spacial score (nSPS) is 27.8. The Balaban J connectivity index is 0.00000225. The Kier molecular flexibility index (Phi) is 7.60. The summed E-state index contributed by atoms with van der Waals surface area (Å²) in [6.45, 7) is 1.68. The largest absolute Gasteiger partial charge is 0.353 e. The predicted molar refractivity (Wildman–Crippen MR) is 124 cm³/mol. The maximum absolute atomic E-state index is 12.7. The standard InChI is InChI=1S/C22H32N4O.HI/c1-23-22(25-20-14-19(20)16-8-4-2-5-9-16)24-18-12-13-26(15-18)21(27)17-10-6-3-7-11-17;/h2,4-5,8-9,17-20H,3,6-7,10-15H2,1H3,(H2,23,24,25);1H. The van der Waals surface area contributed by atoms with Crippen LogP contribution in [0.3, 0.4) is 0 Å². The van der Waals surface area contributed by atoms with Crippen LogP contribution in [0, 0.1) is 5.92 Å². The van der Waals surface area contributed by atoms with Gasteiger partial charge in [0.15, 0.2) is 5.96 Å². The first-order valence-electron chi connectivity index (χ1n) is 10.6. The average Bonchev–Trinajstić information content (AvgIpc) is 3.34. The van der Waals surface area contributed by atoms with Gasteiger partial charge in [0.1, 0.15) is 0 Å². The number of guanidine groups is 1. The summed E-state index contributed by atoms with van der Waals surface area (Å²) in [5.74, 6) is 2.11. The number of benzene rings is 1. The number of likely N-dealkylation sites (tertiary alicyclic amines) is 1. The van der Waals surface area contributed by atoms with Gasteiger partial charge in [0.05, 0.1) is 0 Å². The van der Waals surface area contributed by atoms with Gasteiger partial charge in [-0.15, -0.1) is 24.0 Å². The molecule has 1 heterocycles. The highest BCUT2D eigenvalue weighted by Gasteiger charge is 2.39. The number of rotatable bonds is 4. The van der Waals surface area contributed by atoms with E-state index in [2.05, 4.69) is 50.9 Å². The van der Waals surface area contributed by atoms with Gasteiger partial charge in [0, 0.05) is 44.1 Å². The van der Waals surface area contributed by atoms with Gasteiger partial charge >= 0.3 is 0 Å². The molecule has 1 saturated heterocycles. The molecular weight excluding hydrogens is 463 g/mol. The van der Waals surface area contributed by atoms with Crippen LogP contribution in [-0.4, -0.2) is 49.0 Å². The van der Waals surface area contributed by atoms with Crippen LogP contribution in [-0.2, 0) is 4.79 Å². The zero-order valence-electron chi connectivity index (χ0n) is 16.8. The summed E-state index contributed by atoms with van der Waals surface area (Å²) < 4.78 is 0. The third kappa shape index (κ3) is 5.19. The summed E-state index contributed by atoms with van der Waals surface area (Å²) in [6.07, 6.45) is 8.05. The number of nitrogens with zero attached hydrogens (tertiary/aromatic N) is 2. The van der Waals surface area contributed by atoms with Gasteiger partial charge in [-0.3, -0.25) is 9.79 Å². The number of halogens is 1. The zero-order valence-corrected chi connectivity index (χ0v) is 19.1. The van der Waals surface area contributed by atoms with Crippen molar-refractivity contribution in [3.8, 4) is 0 Å². The number of carbonyl (C=O) groups excluding carboxylic acids is 1. The monoisotopic (exact) mass is 496 g/mol. The lowest BCUT2D eigenvalue weighted by Crippen LogP contribution is -2.46. The van der Waals surface area contributed by atoms with Crippen molar-refractivity contribution in [3.63, 3.8) is 0 Å². The third-order valence-corrected chi connectivity index (χ3v) is 6.36. The highest BCUT2D eigenvalue weighted by molar-refractivity contribution is 14.0. The van der Waals surface area contributed by atoms with Crippen molar-refractivity contribution in [3.05, 3.63) is 35.9 Å². The van der Waals surface area contributed by atoms with Crippen LogP contribution in [0.1, 0.15) is 56.4 Å². The highest BCUT2D eigenvalue weighted by atomic mass is 127. The van der Waals surface area contributed by atoms with Crippen LogP contribution in [0.15, 0.2) is 35.3 Å². The van der Waals surface area contributed by atoms with Crippen molar-refractivity contribution in [2.24, 2.45) is 10.9 Å². The lowest BCUT2D eigenvalue weighted by atomic mass is 9.88. The minimum Gasteiger partial charge on any atom is -0.353 e. The second-order valence-corrected chi connectivity index (χ2v) is 8.33. The molecule has 3 unspecified atom stereocenters. The number of nitrogens with one attached hydrogen (secondary N) is 2. The Labute approximate surface area is 185 Å². The van der Waals surface area contributed by atoms with Crippen molar-refractivity contribution < 1.29 is 4.79 Å². The Bertz CT molecular complexity index is 674. The molecule has 28 heavy (non-hydrogen) atoms. The number of hydrogen-bond donors (Lipinski definition) is 2. The minimum atomic E-state index is 0. The molecule has 1 amide bonds. The Morgan fingerprint density at radius 1 is 1.07 bits per heavy atom. The second-order valence-electron chi connectivity index (χ2n) is 8.33. The van der Waals surface area contributed by atoms with E-state index in [-0.39, 0.29) is 29.9 Å². The van der Waals surface area contributed by atoms with E-state index >= 15 is 0 Å². The molecule has 2 saturated carbocycles. The average molecular weight is 496 g/mol. The summed E-state index contributed by atoms with van der Waals surface area (Å²) in [7, 11) is 1.83. The fourth-order valence-electron chi connectivity index (χ4n) is 4.65. The van der Waals surface area contributed by atoms with Crippen LogP contribution in [0.25, 0.3) is 0 Å². The molecule has 1 aromatic rings. The zero-order chi connectivity index (χ0) is 18.6. The van der Waals surface area contributed by atoms with Crippen LogP contribution in [0.5, 0.6) is 0 Å². The fraction of sp³-hybridized carbons (Fsp3) is 0.636. The molecule has 4 rings (SSSR count). The lowest BCUT2D eigenvalue weighted by molar-refractivity contribution is -0.135. The first kappa shape index (κ1) is 21.4. The molecule has 0 aromatic heterocycles. The van der Waals surface area contributed by atoms with Gasteiger partial charge in [-0.1, -0.05) is 49.6 Å². The van der Waals surface area contributed by atoms with Gasteiger partial charge in [-0.05, 0) is 31.2 Å². The summed E-state index contributed by atoms with van der Waals surface area (Å²) in [6, 6.07) is 11.4. The van der Waals surface area contributed by atoms with Gasteiger partial charge in [0.25, 0.3) is 0 Å². The summed E-state index contributed by atoms with van der Waals surface area (Å²) in [4.78, 5) is 19.2. The van der Waals surface area contributed by atoms with Crippen molar-refractivity contribution >= 4 is 35.8 Å². The van der Waals surface area contributed by atoms with E-state index in [1.165, 1.54) is 24.8 Å². The number of carbonyl (C=O) groups is 1. The number of aliphatic imine (C=N–C) groups is 1. The molecule has 6 heteroatoms. The molecule has 0 spiro atoms. The summed E-state index contributed by atoms with van der Waals surface area (Å²) >= 11 is 0. The molecule has 0 radical (unpaired) electrons. The van der Waals surface area contributed by atoms with Crippen molar-refractivity contribution in [2.45, 2.75) is 62.9 Å². The Morgan fingerprint density at radius 2 is 1.82 bits per heavy atom. The molecule has 2 N–H and O–H groups in total.